The van der Waals surface area contributed by atoms with Crippen LogP contribution in [0.15, 0.2) is 16.9 Å². The van der Waals surface area contributed by atoms with Crippen LogP contribution in [0.25, 0.3) is 11.0 Å². The van der Waals surface area contributed by atoms with E-state index in [4.69, 9.17) is 10.5 Å². The average molecular weight is 398 g/mol. The highest BCUT2D eigenvalue weighted by atomic mass is 19.4. The minimum absolute atomic E-state index is 0.0583. The number of likely N-dealkylation sites (tertiary alicyclic amines) is 1. The number of piperidine rings is 1. The number of H-pyrrole nitrogens is 1. The average Bonchev–Trinajstić information content (AvgIpc) is 2.96. The van der Waals surface area contributed by atoms with E-state index in [1.807, 2.05) is 0 Å². The number of hydrogen-bond donors (Lipinski definition) is 2. The molecular weight excluding hydrogens is 373 g/mol. The van der Waals surface area contributed by atoms with Crippen molar-refractivity contribution in [2.45, 2.75) is 50.5 Å². The third kappa shape index (κ3) is 3.35. The van der Waals surface area contributed by atoms with E-state index in [0.717, 1.165) is 44.8 Å². The van der Waals surface area contributed by atoms with Gasteiger partial charge in [-0.25, -0.2) is 4.79 Å². The molecule has 0 spiro atoms. The highest BCUT2D eigenvalue weighted by Gasteiger charge is 2.38. The van der Waals surface area contributed by atoms with Gasteiger partial charge in [-0.1, -0.05) is 0 Å². The molecule has 0 radical (unpaired) electrons. The normalized spacial score (nSPS) is 22.0. The molecule has 0 amide bonds. The monoisotopic (exact) mass is 398 g/mol. The van der Waals surface area contributed by atoms with Gasteiger partial charge in [-0.3, -0.25) is 9.47 Å². The summed E-state index contributed by atoms with van der Waals surface area (Å²) >= 11 is 0. The van der Waals surface area contributed by atoms with E-state index < -0.39 is 11.7 Å². The Kier molecular flexibility index (Phi) is 4.79. The molecule has 0 bridgehead atoms. The van der Waals surface area contributed by atoms with E-state index in [9.17, 15) is 18.0 Å². The van der Waals surface area contributed by atoms with Crippen LogP contribution in [0, 0.1) is 6.92 Å². The van der Waals surface area contributed by atoms with Gasteiger partial charge in [-0.2, -0.15) is 13.2 Å². The van der Waals surface area contributed by atoms with E-state index in [1.165, 1.54) is 13.0 Å². The van der Waals surface area contributed by atoms with E-state index in [-0.39, 0.29) is 28.5 Å². The molecule has 0 unspecified atom stereocenters. The number of aromatic amines is 1. The smallest absolute Gasteiger partial charge is 0.381 e. The van der Waals surface area contributed by atoms with Crippen molar-refractivity contribution < 1.29 is 17.9 Å². The number of alkyl halides is 3. The van der Waals surface area contributed by atoms with Crippen LogP contribution in [0.2, 0.25) is 0 Å². The first-order valence-corrected chi connectivity index (χ1v) is 9.63. The lowest BCUT2D eigenvalue weighted by Crippen LogP contribution is -2.60. The number of aromatic nitrogens is 2. The zero-order chi connectivity index (χ0) is 20.1. The summed E-state index contributed by atoms with van der Waals surface area (Å²) in [4.78, 5) is 17.4. The number of ether oxygens (including phenoxy) is 1. The molecule has 9 heteroatoms. The van der Waals surface area contributed by atoms with Crippen LogP contribution in [0.3, 0.4) is 0 Å². The molecule has 4 rings (SSSR count). The SMILES string of the molecule is Cc1cc2c(cc1C(F)(F)F)[nH]c(=O)n2C1CCN(C2(N)CCOCC2)CC1. The van der Waals surface area contributed by atoms with Crippen molar-refractivity contribution in [3.63, 3.8) is 0 Å². The van der Waals surface area contributed by atoms with Gasteiger partial charge in [-0.15, -0.1) is 0 Å². The van der Waals surface area contributed by atoms with Crippen LogP contribution in [0.5, 0.6) is 0 Å². The standard InChI is InChI=1S/C19H25F3N4O2/c1-12-10-16-15(11-14(12)19(20,21)22)24-17(27)26(16)13-2-6-25(7-3-13)18(23)4-8-28-9-5-18/h10-11,13H,2-9,23H2,1H3,(H,24,27). The molecule has 1 aromatic heterocycles. The maximum atomic E-state index is 13.2. The van der Waals surface area contributed by atoms with Gasteiger partial charge >= 0.3 is 11.9 Å². The minimum Gasteiger partial charge on any atom is -0.381 e. The second-order valence-corrected chi connectivity index (χ2v) is 7.92. The fourth-order valence-corrected chi connectivity index (χ4v) is 4.56. The second-order valence-electron chi connectivity index (χ2n) is 7.92. The number of nitrogens with one attached hydrogen (secondary N) is 1. The summed E-state index contributed by atoms with van der Waals surface area (Å²) in [7, 11) is 0. The van der Waals surface area contributed by atoms with Crippen LogP contribution in [0.1, 0.15) is 42.9 Å². The van der Waals surface area contributed by atoms with Crippen LogP contribution >= 0.6 is 0 Å². The van der Waals surface area contributed by atoms with Crippen LogP contribution in [0.4, 0.5) is 13.2 Å². The first-order chi connectivity index (χ1) is 13.2. The molecule has 2 saturated heterocycles. The summed E-state index contributed by atoms with van der Waals surface area (Å²) < 4.78 is 46.5. The van der Waals surface area contributed by atoms with Gasteiger partial charge in [-0.05, 0) is 37.5 Å². The second kappa shape index (κ2) is 6.89. The van der Waals surface area contributed by atoms with Crippen molar-refractivity contribution in [2.75, 3.05) is 26.3 Å². The van der Waals surface area contributed by atoms with Crippen molar-refractivity contribution >= 4 is 11.0 Å². The van der Waals surface area contributed by atoms with Crippen molar-refractivity contribution in [1.82, 2.24) is 14.5 Å². The van der Waals surface area contributed by atoms with Crippen molar-refractivity contribution in [2.24, 2.45) is 5.73 Å². The number of imidazole rings is 1. The summed E-state index contributed by atoms with van der Waals surface area (Å²) in [5.74, 6) is 0. The molecule has 154 valence electrons. The largest absolute Gasteiger partial charge is 0.416 e. The Morgan fingerprint density at radius 1 is 1.21 bits per heavy atom. The molecule has 3 N–H and O–H groups in total. The van der Waals surface area contributed by atoms with Gasteiger partial charge in [0.05, 0.1) is 22.3 Å². The molecule has 2 aliphatic rings. The zero-order valence-corrected chi connectivity index (χ0v) is 15.8. The molecule has 28 heavy (non-hydrogen) atoms. The van der Waals surface area contributed by atoms with Gasteiger partial charge in [0.2, 0.25) is 0 Å². The first kappa shape index (κ1) is 19.5. The lowest BCUT2D eigenvalue weighted by molar-refractivity contribution is -0.137. The van der Waals surface area contributed by atoms with Gasteiger partial charge in [0.15, 0.2) is 0 Å². The topological polar surface area (TPSA) is 76.3 Å². The Hall–Kier alpha value is -1.84. The maximum absolute atomic E-state index is 13.2. The number of benzene rings is 1. The quantitative estimate of drug-likeness (QED) is 0.816. The Morgan fingerprint density at radius 3 is 2.46 bits per heavy atom. The maximum Gasteiger partial charge on any atom is 0.416 e. The molecule has 2 aromatic rings. The number of halogens is 3. The third-order valence-electron chi connectivity index (χ3n) is 6.19. The van der Waals surface area contributed by atoms with Crippen molar-refractivity contribution in [3.8, 4) is 0 Å². The summed E-state index contributed by atoms with van der Waals surface area (Å²) in [6.45, 7) is 4.23. The molecular formula is C19H25F3N4O2. The lowest BCUT2D eigenvalue weighted by Gasteiger charge is -2.46. The van der Waals surface area contributed by atoms with Crippen molar-refractivity contribution in [1.29, 1.82) is 0 Å². The lowest BCUT2D eigenvalue weighted by atomic mass is 9.94. The predicted octanol–water partition coefficient (Wildman–Crippen LogP) is 2.76. The third-order valence-corrected chi connectivity index (χ3v) is 6.19. The molecule has 1 aromatic carbocycles. The van der Waals surface area contributed by atoms with E-state index in [2.05, 4.69) is 9.88 Å². The summed E-state index contributed by atoms with van der Waals surface area (Å²) in [5, 5.41) is 0. The summed E-state index contributed by atoms with van der Waals surface area (Å²) in [6.07, 6.45) is -1.42. The molecule has 2 fully saturated rings. The van der Waals surface area contributed by atoms with Gasteiger partial charge in [0.25, 0.3) is 0 Å². The van der Waals surface area contributed by atoms with Crippen LogP contribution in [-0.2, 0) is 10.9 Å². The van der Waals surface area contributed by atoms with Crippen LogP contribution < -0.4 is 11.4 Å². The van der Waals surface area contributed by atoms with Crippen LogP contribution in [-0.4, -0.2) is 46.4 Å². The highest BCUT2D eigenvalue weighted by molar-refractivity contribution is 5.77. The predicted molar refractivity (Wildman–Crippen MR) is 99.1 cm³/mol. The Morgan fingerprint density at radius 2 is 1.86 bits per heavy atom. The first-order valence-electron chi connectivity index (χ1n) is 9.63. The fraction of sp³-hybridized carbons (Fsp3) is 0.632. The molecule has 3 heterocycles. The highest BCUT2D eigenvalue weighted by Crippen LogP contribution is 2.35. The zero-order valence-electron chi connectivity index (χ0n) is 15.8. The molecule has 0 saturated carbocycles. The Bertz CT molecular complexity index is 920. The summed E-state index contributed by atoms with van der Waals surface area (Å²) in [5.41, 5.74) is 5.99. The van der Waals surface area contributed by atoms with Gasteiger partial charge in [0.1, 0.15) is 0 Å². The number of hydrogen-bond acceptors (Lipinski definition) is 4. The number of nitrogens with two attached hydrogens (primary N) is 1. The van der Waals surface area contributed by atoms with Crippen molar-refractivity contribution in [3.05, 3.63) is 33.7 Å². The van der Waals surface area contributed by atoms with Gasteiger partial charge < -0.3 is 15.5 Å². The molecule has 6 nitrogen and oxygen atoms in total. The fourth-order valence-electron chi connectivity index (χ4n) is 4.56. The molecule has 0 aliphatic carbocycles. The molecule has 0 atom stereocenters. The van der Waals surface area contributed by atoms with Gasteiger partial charge in [0, 0.05) is 45.2 Å². The number of rotatable bonds is 2. The number of nitrogens with zero attached hydrogens (tertiary/aromatic N) is 2. The number of fused-ring (bicyclic) bond motifs is 1. The van der Waals surface area contributed by atoms with E-state index >= 15 is 0 Å². The van der Waals surface area contributed by atoms with E-state index in [1.54, 1.807) is 4.57 Å². The summed E-state index contributed by atoms with van der Waals surface area (Å²) in [6, 6.07) is 2.44. The minimum atomic E-state index is -4.44. The molecule has 2 aliphatic heterocycles. The van der Waals surface area contributed by atoms with E-state index in [0.29, 0.717) is 18.7 Å². The Balaban J connectivity index is 1.59. The Labute approximate surface area is 160 Å². The number of aryl methyl sites for hydroxylation is 1.